The third-order valence-corrected chi connectivity index (χ3v) is 5.82. The van der Waals surface area contributed by atoms with Gasteiger partial charge in [-0.25, -0.2) is 0 Å². The summed E-state index contributed by atoms with van der Waals surface area (Å²) < 4.78 is 15.6. The van der Waals surface area contributed by atoms with E-state index in [1.807, 2.05) is 20.8 Å². The van der Waals surface area contributed by atoms with Crippen molar-refractivity contribution < 1.29 is 4.55 Å². The highest BCUT2D eigenvalue weighted by Crippen LogP contribution is 2.48. The van der Waals surface area contributed by atoms with Crippen LogP contribution in [0.2, 0.25) is 0 Å². The first kappa shape index (κ1) is 13.4. The van der Waals surface area contributed by atoms with Crippen LogP contribution >= 0.6 is 0 Å². The second kappa shape index (κ2) is 4.48. The molecule has 1 fully saturated rings. The van der Waals surface area contributed by atoms with E-state index in [-0.39, 0.29) is 16.2 Å². The summed E-state index contributed by atoms with van der Waals surface area (Å²) in [6, 6.07) is 8.78. The lowest BCUT2D eigenvalue weighted by Gasteiger charge is -2.44. The molecule has 104 valence electrons. The van der Waals surface area contributed by atoms with E-state index in [2.05, 4.69) is 34.3 Å². The average Bonchev–Trinajstić information content (AvgIpc) is 2.63. The smallest absolute Gasteiger partial charge is 0.136 e. The highest BCUT2D eigenvalue weighted by molar-refractivity contribution is 7.90. The van der Waals surface area contributed by atoms with E-state index in [1.54, 1.807) is 0 Å². The number of rotatable bonds is 2. The first-order chi connectivity index (χ1) is 8.92. The van der Waals surface area contributed by atoms with Gasteiger partial charge in [-0.3, -0.25) is 0 Å². The van der Waals surface area contributed by atoms with E-state index in [0.29, 0.717) is 0 Å². The fourth-order valence-electron chi connectivity index (χ4n) is 3.04. The first-order valence-electron chi connectivity index (χ1n) is 6.89. The van der Waals surface area contributed by atoms with Crippen molar-refractivity contribution in [2.24, 2.45) is 5.41 Å². The van der Waals surface area contributed by atoms with Crippen molar-refractivity contribution >= 4 is 11.4 Å². The van der Waals surface area contributed by atoms with Crippen LogP contribution in [0.15, 0.2) is 24.3 Å². The summed E-state index contributed by atoms with van der Waals surface area (Å²) in [4.78, 5) is 0. The van der Waals surface area contributed by atoms with Crippen molar-refractivity contribution in [3.05, 3.63) is 35.4 Å². The predicted molar refractivity (Wildman–Crippen MR) is 79.2 cm³/mol. The lowest BCUT2D eigenvalue weighted by Crippen LogP contribution is -2.60. The molecule has 2 aliphatic rings. The zero-order valence-electron chi connectivity index (χ0n) is 11.8. The fourth-order valence-corrected chi connectivity index (χ4v) is 3.98. The molecule has 1 aliphatic heterocycles. The van der Waals surface area contributed by atoms with Gasteiger partial charge in [-0.05, 0) is 38.3 Å². The Labute approximate surface area is 118 Å². The summed E-state index contributed by atoms with van der Waals surface area (Å²) >= 11 is -1.03. The number of benzene rings is 1. The molecule has 1 aromatic rings. The van der Waals surface area contributed by atoms with Crippen molar-refractivity contribution in [3.8, 4) is 0 Å². The first-order valence-corrected chi connectivity index (χ1v) is 8.04. The Morgan fingerprint density at radius 2 is 2.00 bits per heavy atom. The minimum Gasteiger partial charge on any atom is -0.598 e. The zero-order chi connectivity index (χ0) is 13.7. The number of nitrogens with one attached hydrogen (secondary N) is 2. The van der Waals surface area contributed by atoms with Gasteiger partial charge in [0.2, 0.25) is 0 Å². The lowest BCUT2D eigenvalue weighted by atomic mass is 9.76. The standard InChI is InChI=1S/C15H22N2OS/c1-14(2,3)19(18)17-13-12-7-5-4-6-11(12)8-15(13)9-16-10-15/h4-7,13,16-17H,8-10H2,1-3H3/t13-,19+/m0/s1. The number of fused-ring (bicyclic) bond motifs is 1. The molecule has 0 aromatic heterocycles. The monoisotopic (exact) mass is 278 g/mol. The number of hydrogen-bond donors (Lipinski definition) is 2. The normalized spacial score (nSPS) is 26.0. The second-order valence-electron chi connectivity index (χ2n) is 6.77. The third kappa shape index (κ3) is 2.21. The maximum absolute atomic E-state index is 12.4. The van der Waals surface area contributed by atoms with E-state index in [0.717, 1.165) is 19.5 Å². The van der Waals surface area contributed by atoms with Crippen LogP contribution in [-0.2, 0) is 17.8 Å². The Bertz CT molecular complexity index is 479. The van der Waals surface area contributed by atoms with Crippen LogP contribution < -0.4 is 10.0 Å². The Balaban J connectivity index is 1.89. The Morgan fingerprint density at radius 3 is 2.58 bits per heavy atom. The van der Waals surface area contributed by atoms with E-state index < -0.39 is 11.4 Å². The molecule has 3 rings (SSSR count). The quantitative estimate of drug-likeness (QED) is 0.813. The summed E-state index contributed by atoms with van der Waals surface area (Å²) in [6.45, 7) is 8.08. The van der Waals surface area contributed by atoms with E-state index in [9.17, 15) is 4.55 Å². The van der Waals surface area contributed by atoms with Crippen LogP contribution in [0.1, 0.15) is 37.9 Å². The molecule has 0 radical (unpaired) electrons. The van der Waals surface area contributed by atoms with Crippen LogP contribution in [0.5, 0.6) is 0 Å². The van der Waals surface area contributed by atoms with Gasteiger partial charge in [-0.2, -0.15) is 0 Å². The largest absolute Gasteiger partial charge is 0.598 e. The number of hydrogen-bond acceptors (Lipinski definition) is 3. The van der Waals surface area contributed by atoms with E-state index in [1.165, 1.54) is 11.1 Å². The van der Waals surface area contributed by atoms with Gasteiger partial charge >= 0.3 is 0 Å². The molecule has 2 N–H and O–H groups in total. The van der Waals surface area contributed by atoms with Crippen molar-refractivity contribution in [2.75, 3.05) is 13.1 Å². The molecular formula is C15H22N2OS. The summed E-state index contributed by atoms with van der Waals surface area (Å²) in [5.74, 6) is 0. The van der Waals surface area contributed by atoms with Crippen molar-refractivity contribution in [2.45, 2.75) is 38.0 Å². The molecule has 0 amide bonds. The molecular weight excluding hydrogens is 256 g/mol. The van der Waals surface area contributed by atoms with Gasteiger partial charge in [0.25, 0.3) is 0 Å². The van der Waals surface area contributed by atoms with Crippen LogP contribution in [0, 0.1) is 5.41 Å². The molecule has 2 atom stereocenters. The fraction of sp³-hybridized carbons (Fsp3) is 0.600. The maximum Gasteiger partial charge on any atom is 0.136 e. The zero-order valence-corrected chi connectivity index (χ0v) is 12.6. The molecule has 1 aliphatic carbocycles. The van der Waals surface area contributed by atoms with Gasteiger partial charge in [0, 0.05) is 29.9 Å². The van der Waals surface area contributed by atoms with E-state index in [4.69, 9.17) is 0 Å². The Hall–Kier alpha value is -0.550. The molecule has 4 heteroatoms. The van der Waals surface area contributed by atoms with E-state index >= 15 is 0 Å². The van der Waals surface area contributed by atoms with Crippen molar-refractivity contribution in [3.63, 3.8) is 0 Å². The van der Waals surface area contributed by atoms with Gasteiger partial charge in [0.1, 0.15) is 4.75 Å². The molecule has 19 heavy (non-hydrogen) atoms. The van der Waals surface area contributed by atoms with Gasteiger partial charge in [-0.1, -0.05) is 24.3 Å². The SMILES string of the molecule is CC(C)(C)[S@@+]([O-])N[C@H]1c2ccccc2CC12CNC2. The minimum absolute atomic E-state index is 0.213. The Kier molecular flexibility index (Phi) is 3.17. The Morgan fingerprint density at radius 1 is 1.32 bits per heavy atom. The average molecular weight is 278 g/mol. The molecule has 0 saturated carbocycles. The predicted octanol–water partition coefficient (Wildman–Crippen LogP) is 1.93. The van der Waals surface area contributed by atoms with Gasteiger partial charge < -0.3 is 9.87 Å². The van der Waals surface area contributed by atoms with Gasteiger partial charge in [0.05, 0.1) is 6.04 Å². The molecule has 1 saturated heterocycles. The van der Waals surface area contributed by atoms with Crippen molar-refractivity contribution in [1.29, 1.82) is 0 Å². The maximum atomic E-state index is 12.4. The summed E-state index contributed by atoms with van der Waals surface area (Å²) in [5.41, 5.74) is 2.97. The summed E-state index contributed by atoms with van der Waals surface area (Å²) in [5, 5.41) is 3.38. The van der Waals surface area contributed by atoms with Crippen LogP contribution in [0.3, 0.4) is 0 Å². The third-order valence-electron chi connectivity index (χ3n) is 4.26. The molecule has 0 unspecified atom stereocenters. The molecule has 3 nitrogen and oxygen atoms in total. The van der Waals surface area contributed by atoms with Crippen LogP contribution in [0.4, 0.5) is 0 Å². The van der Waals surface area contributed by atoms with Gasteiger partial charge in [0.15, 0.2) is 0 Å². The lowest BCUT2D eigenvalue weighted by molar-refractivity contribution is 0.134. The molecule has 1 spiro atoms. The summed E-state index contributed by atoms with van der Waals surface area (Å²) in [6.07, 6.45) is 1.09. The molecule has 1 heterocycles. The van der Waals surface area contributed by atoms with Crippen LogP contribution in [0.25, 0.3) is 0 Å². The highest BCUT2D eigenvalue weighted by Gasteiger charge is 2.52. The van der Waals surface area contributed by atoms with Gasteiger partial charge in [-0.15, -0.1) is 4.72 Å². The van der Waals surface area contributed by atoms with Crippen LogP contribution in [-0.4, -0.2) is 22.4 Å². The van der Waals surface area contributed by atoms with Crippen molar-refractivity contribution in [1.82, 2.24) is 10.0 Å². The minimum atomic E-state index is -1.03. The topological polar surface area (TPSA) is 47.1 Å². The molecule has 1 aromatic carbocycles. The highest BCUT2D eigenvalue weighted by atomic mass is 32.2. The summed E-state index contributed by atoms with van der Waals surface area (Å²) in [7, 11) is 0. The molecule has 0 bridgehead atoms. The second-order valence-corrected chi connectivity index (χ2v) is 8.77.